The molecule has 13 heteroatoms. The molecule has 1 saturated heterocycles. The third-order valence-corrected chi connectivity index (χ3v) is 5.64. The van der Waals surface area contributed by atoms with Crippen molar-refractivity contribution in [2.24, 2.45) is 5.92 Å². The predicted molar refractivity (Wildman–Crippen MR) is 120 cm³/mol. The largest absolute Gasteiger partial charge is 0.455 e. The van der Waals surface area contributed by atoms with E-state index in [4.69, 9.17) is 10.00 Å². The third kappa shape index (κ3) is 5.77. The summed E-state index contributed by atoms with van der Waals surface area (Å²) in [6.07, 6.45) is 0.298. The number of halogens is 3. The highest BCUT2D eigenvalue weighted by atomic mass is 19.4. The van der Waals surface area contributed by atoms with E-state index in [1.54, 1.807) is 12.1 Å². The highest BCUT2D eigenvalue weighted by Gasteiger charge is 2.32. The van der Waals surface area contributed by atoms with Crippen LogP contribution < -0.4 is 10.2 Å². The molecule has 1 aliphatic rings. The molecular weight excluding hydrogens is 479 g/mol. The number of ether oxygens (including phenoxy) is 1. The maximum atomic E-state index is 13.2. The Kier molecular flexibility index (Phi) is 7.14. The molecule has 0 aliphatic carbocycles. The molecule has 1 amide bonds. The number of carbonyl (C=O) groups is 2. The normalized spacial score (nSPS) is 14.2. The molecule has 0 saturated carbocycles. The number of carbonyl (C=O) groups excluding carboxylic acids is 2. The highest BCUT2D eigenvalue weighted by molar-refractivity contribution is 5.94. The fourth-order valence-corrected chi connectivity index (χ4v) is 3.77. The van der Waals surface area contributed by atoms with Gasteiger partial charge in [-0.05, 0) is 43.2 Å². The van der Waals surface area contributed by atoms with Gasteiger partial charge in [0.05, 0.1) is 28.4 Å². The number of piperidine rings is 1. The number of nitrogens with one attached hydrogen (secondary N) is 1. The Balaban J connectivity index is 1.33. The maximum absolute atomic E-state index is 13.2. The van der Waals surface area contributed by atoms with E-state index >= 15 is 0 Å². The van der Waals surface area contributed by atoms with Crippen molar-refractivity contribution in [1.29, 1.82) is 5.26 Å². The summed E-state index contributed by atoms with van der Waals surface area (Å²) >= 11 is 0. The number of nitrogens with zero attached hydrogens (tertiary/aromatic N) is 6. The second kappa shape index (κ2) is 10.4. The molecule has 1 aromatic carbocycles. The molecule has 3 aromatic rings. The van der Waals surface area contributed by atoms with Crippen LogP contribution in [-0.4, -0.2) is 51.3 Å². The second-order valence-corrected chi connectivity index (χ2v) is 8.00. The number of benzene rings is 1. The van der Waals surface area contributed by atoms with Crippen LogP contribution in [0.5, 0.6) is 0 Å². The quantitative estimate of drug-likeness (QED) is 0.513. The van der Waals surface area contributed by atoms with Gasteiger partial charge in [0.15, 0.2) is 6.61 Å². The minimum Gasteiger partial charge on any atom is -0.455 e. The van der Waals surface area contributed by atoms with E-state index in [9.17, 15) is 22.8 Å². The van der Waals surface area contributed by atoms with E-state index in [1.807, 2.05) is 11.0 Å². The van der Waals surface area contributed by atoms with Crippen molar-refractivity contribution < 1.29 is 27.5 Å². The number of alkyl halides is 3. The Morgan fingerprint density at radius 1 is 1.19 bits per heavy atom. The standard InChI is InChI=1S/C23H20F3N7O3/c24-23(25,26)17-2-3-19(33-14-28-13-30-33)18(9-17)31-21(34)12-36-22(35)16-5-7-32(8-6-16)20-4-1-15(10-27)11-29-20/h1-4,9,11,13-14,16H,5-8,12H2,(H,31,34). The molecular formula is C23H20F3N7O3. The predicted octanol–water partition coefficient (Wildman–Crippen LogP) is 2.95. The Hall–Kier alpha value is -4.47. The van der Waals surface area contributed by atoms with Gasteiger partial charge >= 0.3 is 12.1 Å². The van der Waals surface area contributed by atoms with Gasteiger partial charge in [-0.15, -0.1) is 0 Å². The third-order valence-electron chi connectivity index (χ3n) is 5.64. The monoisotopic (exact) mass is 499 g/mol. The molecule has 0 radical (unpaired) electrons. The van der Waals surface area contributed by atoms with Gasteiger partial charge in [-0.2, -0.15) is 23.5 Å². The Morgan fingerprint density at radius 3 is 2.58 bits per heavy atom. The van der Waals surface area contributed by atoms with Crippen LogP contribution in [0.25, 0.3) is 5.69 Å². The topological polar surface area (TPSA) is 126 Å². The Bertz CT molecular complexity index is 1260. The SMILES string of the molecule is N#Cc1ccc(N2CCC(C(=O)OCC(=O)Nc3cc(C(F)(F)F)ccc3-n3cncn3)CC2)nc1. The minimum absolute atomic E-state index is 0.153. The Labute approximate surface area is 203 Å². The van der Waals surface area contributed by atoms with E-state index in [0.29, 0.717) is 37.3 Å². The van der Waals surface area contributed by atoms with Crippen LogP contribution >= 0.6 is 0 Å². The van der Waals surface area contributed by atoms with Crippen molar-refractivity contribution in [3.8, 4) is 11.8 Å². The molecule has 0 unspecified atom stereocenters. The summed E-state index contributed by atoms with van der Waals surface area (Å²) in [5, 5.41) is 15.1. The maximum Gasteiger partial charge on any atom is 0.416 e. The average molecular weight is 499 g/mol. The van der Waals surface area contributed by atoms with E-state index < -0.39 is 36.1 Å². The lowest BCUT2D eigenvalue weighted by atomic mass is 9.97. The summed E-state index contributed by atoms with van der Waals surface area (Å²) in [7, 11) is 0. The number of aromatic nitrogens is 4. The van der Waals surface area contributed by atoms with Crippen LogP contribution in [-0.2, 0) is 20.5 Å². The van der Waals surface area contributed by atoms with Crippen LogP contribution in [0.1, 0.15) is 24.0 Å². The first-order chi connectivity index (χ1) is 17.2. The van der Waals surface area contributed by atoms with Crippen LogP contribution in [0.4, 0.5) is 24.7 Å². The van der Waals surface area contributed by atoms with Gasteiger partial charge < -0.3 is 15.0 Å². The van der Waals surface area contributed by atoms with Gasteiger partial charge in [0.1, 0.15) is 24.5 Å². The zero-order chi connectivity index (χ0) is 25.7. The van der Waals surface area contributed by atoms with Crippen molar-refractivity contribution >= 4 is 23.4 Å². The number of rotatable bonds is 6. The molecule has 10 nitrogen and oxygen atoms in total. The zero-order valence-electron chi connectivity index (χ0n) is 18.8. The first-order valence-electron chi connectivity index (χ1n) is 10.9. The first kappa shape index (κ1) is 24.6. The van der Waals surface area contributed by atoms with Crippen LogP contribution in [0.3, 0.4) is 0 Å². The summed E-state index contributed by atoms with van der Waals surface area (Å²) in [6, 6.07) is 8.22. The average Bonchev–Trinajstić information content (AvgIpc) is 3.42. The van der Waals surface area contributed by atoms with E-state index in [1.165, 1.54) is 23.5 Å². The van der Waals surface area contributed by atoms with Gasteiger partial charge in [-0.3, -0.25) is 9.59 Å². The van der Waals surface area contributed by atoms with Gasteiger partial charge in [-0.1, -0.05) is 0 Å². The molecule has 3 heterocycles. The van der Waals surface area contributed by atoms with Crippen LogP contribution in [0.15, 0.2) is 49.2 Å². The van der Waals surface area contributed by atoms with Gasteiger partial charge in [0.25, 0.3) is 5.91 Å². The lowest BCUT2D eigenvalue weighted by Gasteiger charge is -2.31. The second-order valence-electron chi connectivity index (χ2n) is 8.00. The smallest absolute Gasteiger partial charge is 0.416 e. The van der Waals surface area contributed by atoms with Crippen molar-refractivity contribution in [2.45, 2.75) is 19.0 Å². The van der Waals surface area contributed by atoms with E-state index in [-0.39, 0.29) is 11.4 Å². The van der Waals surface area contributed by atoms with Gasteiger partial charge in [-0.25, -0.2) is 14.6 Å². The van der Waals surface area contributed by atoms with Crippen molar-refractivity contribution in [2.75, 3.05) is 29.9 Å². The fraction of sp³-hybridized carbons (Fsp3) is 0.304. The fourth-order valence-electron chi connectivity index (χ4n) is 3.77. The summed E-state index contributed by atoms with van der Waals surface area (Å²) in [6.45, 7) is 0.427. The first-order valence-corrected chi connectivity index (χ1v) is 10.9. The minimum atomic E-state index is -4.62. The van der Waals surface area contributed by atoms with Crippen molar-refractivity contribution in [3.05, 3.63) is 60.3 Å². The van der Waals surface area contributed by atoms with Gasteiger partial charge in [0.2, 0.25) is 0 Å². The zero-order valence-corrected chi connectivity index (χ0v) is 18.8. The highest BCUT2D eigenvalue weighted by Crippen LogP contribution is 2.33. The molecule has 0 bridgehead atoms. The molecule has 4 rings (SSSR count). The molecule has 186 valence electrons. The lowest BCUT2D eigenvalue weighted by Crippen LogP contribution is -2.38. The number of amides is 1. The lowest BCUT2D eigenvalue weighted by molar-refractivity contribution is -0.152. The summed E-state index contributed by atoms with van der Waals surface area (Å²) in [5.74, 6) is -1.07. The summed E-state index contributed by atoms with van der Waals surface area (Å²) in [4.78, 5) is 34.9. The molecule has 36 heavy (non-hydrogen) atoms. The number of anilines is 2. The summed E-state index contributed by atoms with van der Waals surface area (Å²) in [5.41, 5.74) is -0.486. The molecule has 1 N–H and O–H groups in total. The number of nitriles is 1. The molecule has 0 atom stereocenters. The van der Waals surface area contributed by atoms with Gasteiger partial charge in [0, 0.05) is 19.3 Å². The summed E-state index contributed by atoms with van der Waals surface area (Å²) < 4.78 is 45.9. The van der Waals surface area contributed by atoms with Crippen molar-refractivity contribution in [1.82, 2.24) is 19.7 Å². The molecule has 1 aliphatic heterocycles. The number of pyridine rings is 1. The number of esters is 1. The molecule has 0 spiro atoms. The Morgan fingerprint density at radius 2 is 1.97 bits per heavy atom. The van der Waals surface area contributed by atoms with Crippen molar-refractivity contribution in [3.63, 3.8) is 0 Å². The molecule has 1 fully saturated rings. The number of hydrogen-bond acceptors (Lipinski definition) is 8. The number of hydrogen-bond donors (Lipinski definition) is 1. The van der Waals surface area contributed by atoms with Crippen LogP contribution in [0.2, 0.25) is 0 Å². The van der Waals surface area contributed by atoms with E-state index in [0.717, 1.165) is 18.2 Å². The van der Waals surface area contributed by atoms with E-state index in [2.05, 4.69) is 20.4 Å². The van der Waals surface area contributed by atoms with Crippen LogP contribution in [0, 0.1) is 17.2 Å². The molecule has 2 aromatic heterocycles.